The van der Waals surface area contributed by atoms with Crippen LogP contribution >= 0.6 is 7.82 Å². The largest absolute Gasteiger partial charge is 0.472 e. The number of ether oxygens (including phenoxy) is 2. The number of rotatable bonds is 34. The smallest absolute Gasteiger partial charge is 0.462 e. The lowest BCUT2D eigenvalue weighted by molar-refractivity contribution is -0.161. The van der Waals surface area contributed by atoms with Crippen LogP contribution in [0, 0.1) is 0 Å². The van der Waals surface area contributed by atoms with E-state index in [4.69, 9.17) is 24.3 Å². The molecule has 0 fully saturated rings. The molecule has 0 spiro atoms. The minimum atomic E-state index is -4.36. The fourth-order valence-corrected chi connectivity index (χ4v) is 5.69. The van der Waals surface area contributed by atoms with Crippen molar-refractivity contribution in [3.8, 4) is 0 Å². The van der Waals surface area contributed by atoms with Gasteiger partial charge in [-0.25, -0.2) is 4.57 Å². The Kier molecular flexibility index (Phi) is 31.8. The van der Waals surface area contributed by atoms with E-state index in [-0.39, 0.29) is 38.6 Å². The number of unbranched alkanes of at least 4 members (excludes halogenated alkanes) is 19. The molecular formula is C35H68NO8P. The van der Waals surface area contributed by atoms with Crippen LogP contribution in [0.25, 0.3) is 0 Å². The van der Waals surface area contributed by atoms with E-state index in [2.05, 4.69) is 26.0 Å². The third kappa shape index (κ3) is 32.5. The van der Waals surface area contributed by atoms with Crippen LogP contribution in [-0.4, -0.2) is 49.3 Å². The first-order valence-corrected chi connectivity index (χ1v) is 19.7. The van der Waals surface area contributed by atoms with Crippen molar-refractivity contribution in [3.63, 3.8) is 0 Å². The van der Waals surface area contributed by atoms with E-state index in [0.717, 1.165) is 51.4 Å². The van der Waals surface area contributed by atoms with Crippen molar-refractivity contribution in [3.05, 3.63) is 12.2 Å². The van der Waals surface area contributed by atoms with Crippen LogP contribution in [0.5, 0.6) is 0 Å². The number of hydrogen-bond acceptors (Lipinski definition) is 8. The van der Waals surface area contributed by atoms with Crippen LogP contribution in [0.2, 0.25) is 0 Å². The van der Waals surface area contributed by atoms with Gasteiger partial charge in [0, 0.05) is 19.4 Å². The Bertz CT molecular complexity index is 764. The summed E-state index contributed by atoms with van der Waals surface area (Å²) in [6, 6.07) is 0. The summed E-state index contributed by atoms with van der Waals surface area (Å²) in [5, 5.41) is 0. The molecule has 10 heteroatoms. The Labute approximate surface area is 275 Å². The molecule has 0 aromatic rings. The average molecular weight is 662 g/mol. The normalized spacial score (nSPS) is 13.6. The van der Waals surface area contributed by atoms with E-state index in [1.54, 1.807) is 0 Å². The summed E-state index contributed by atoms with van der Waals surface area (Å²) in [5.41, 5.74) is 5.32. The summed E-state index contributed by atoms with van der Waals surface area (Å²) in [6.07, 6.45) is 29.5. The van der Waals surface area contributed by atoms with Gasteiger partial charge in [-0.1, -0.05) is 129 Å². The van der Waals surface area contributed by atoms with Crippen LogP contribution in [0.15, 0.2) is 12.2 Å². The molecule has 0 saturated heterocycles. The number of hydrogen-bond donors (Lipinski definition) is 2. The number of phosphoric ester groups is 1. The van der Waals surface area contributed by atoms with Crippen molar-refractivity contribution in [1.82, 2.24) is 0 Å². The molecule has 266 valence electrons. The number of phosphoric acid groups is 1. The molecule has 0 saturated carbocycles. The molecule has 3 N–H and O–H groups in total. The molecule has 9 nitrogen and oxygen atoms in total. The Balaban J connectivity index is 4.26. The van der Waals surface area contributed by atoms with Gasteiger partial charge in [-0.05, 0) is 38.5 Å². The lowest BCUT2D eigenvalue weighted by Gasteiger charge is -2.19. The first-order chi connectivity index (χ1) is 21.8. The van der Waals surface area contributed by atoms with Crippen molar-refractivity contribution in [2.45, 2.75) is 174 Å². The number of esters is 2. The van der Waals surface area contributed by atoms with E-state index < -0.39 is 26.5 Å². The SMILES string of the molecule is CCCCCCC=CCCCCCCCC(=O)OC(COC(=O)CCCCCCCCCCCCC)COP(=O)(O)OCCN. The zero-order chi connectivity index (χ0) is 33.3. The summed E-state index contributed by atoms with van der Waals surface area (Å²) in [5.74, 6) is -0.837. The van der Waals surface area contributed by atoms with Gasteiger partial charge >= 0.3 is 19.8 Å². The molecule has 0 radical (unpaired) electrons. The van der Waals surface area contributed by atoms with Crippen molar-refractivity contribution < 1.29 is 37.6 Å². The van der Waals surface area contributed by atoms with Crippen LogP contribution in [0.3, 0.4) is 0 Å². The van der Waals surface area contributed by atoms with Gasteiger partial charge in [0.05, 0.1) is 13.2 Å². The second-order valence-corrected chi connectivity index (χ2v) is 13.5. The lowest BCUT2D eigenvalue weighted by Crippen LogP contribution is -2.29. The standard InChI is InChI=1S/C35H68NO8P/c1-3-5-7-9-11-13-15-16-18-20-22-24-26-28-35(38)44-33(32-43-45(39,40)42-30-29-36)31-41-34(37)27-25-23-21-19-17-14-12-10-8-6-4-2/h13,15,33H,3-12,14,16-32,36H2,1-2H3,(H,39,40). The fourth-order valence-electron chi connectivity index (χ4n) is 4.92. The molecule has 0 aliphatic heterocycles. The molecular weight excluding hydrogens is 593 g/mol. The Morgan fingerprint density at radius 1 is 0.644 bits per heavy atom. The van der Waals surface area contributed by atoms with Gasteiger partial charge in [-0.3, -0.25) is 18.6 Å². The van der Waals surface area contributed by atoms with Crippen molar-refractivity contribution in [1.29, 1.82) is 0 Å². The van der Waals surface area contributed by atoms with Crippen molar-refractivity contribution in [2.75, 3.05) is 26.4 Å². The third-order valence-electron chi connectivity index (χ3n) is 7.65. The van der Waals surface area contributed by atoms with E-state index in [0.29, 0.717) is 6.42 Å². The van der Waals surface area contributed by atoms with E-state index >= 15 is 0 Å². The molecule has 0 aliphatic rings. The fraction of sp³-hybridized carbons (Fsp3) is 0.886. The van der Waals surface area contributed by atoms with Gasteiger partial charge in [0.25, 0.3) is 0 Å². The number of allylic oxidation sites excluding steroid dienone is 2. The third-order valence-corrected chi connectivity index (χ3v) is 8.64. The number of carbonyl (C=O) groups excluding carboxylic acids is 2. The van der Waals surface area contributed by atoms with Crippen LogP contribution in [0.1, 0.15) is 168 Å². The minimum absolute atomic E-state index is 0.0544. The lowest BCUT2D eigenvalue weighted by atomic mass is 10.1. The molecule has 0 aromatic heterocycles. The average Bonchev–Trinajstić information content (AvgIpc) is 3.02. The highest BCUT2D eigenvalue weighted by Gasteiger charge is 2.25. The van der Waals surface area contributed by atoms with E-state index in [9.17, 15) is 19.0 Å². The molecule has 0 amide bonds. The summed E-state index contributed by atoms with van der Waals surface area (Å²) in [6.45, 7) is 3.69. The van der Waals surface area contributed by atoms with Crippen LogP contribution in [-0.2, 0) is 32.7 Å². The van der Waals surface area contributed by atoms with Crippen LogP contribution in [0.4, 0.5) is 0 Å². The molecule has 0 rings (SSSR count). The molecule has 0 heterocycles. The molecule has 2 unspecified atom stereocenters. The number of carbonyl (C=O) groups is 2. The summed E-state index contributed by atoms with van der Waals surface area (Å²) < 4.78 is 32.6. The zero-order valence-corrected chi connectivity index (χ0v) is 29.8. The monoisotopic (exact) mass is 661 g/mol. The summed E-state index contributed by atoms with van der Waals surface area (Å²) in [4.78, 5) is 34.6. The predicted molar refractivity (Wildman–Crippen MR) is 183 cm³/mol. The second kappa shape index (κ2) is 32.7. The van der Waals surface area contributed by atoms with Gasteiger partial charge in [-0.15, -0.1) is 0 Å². The highest BCUT2D eigenvalue weighted by Crippen LogP contribution is 2.43. The summed E-state index contributed by atoms with van der Waals surface area (Å²) >= 11 is 0. The number of nitrogens with two attached hydrogens (primary N) is 1. The maximum Gasteiger partial charge on any atom is 0.472 e. The quantitative estimate of drug-likeness (QED) is 0.0299. The van der Waals surface area contributed by atoms with Crippen molar-refractivity contribution in [2.24, 2.45) is 5.73 Å². The van der Waals surface area contributed by atoms with E-state index in [1.807, 2.05) is 0 Å². The maximum atomic E-state index is 12.5. The Hall–Kier alpha value is -1.25. The highest BCUT2D eigenvalue weighted by atomic mass is 31.2. The minimum Gasteiger partial charge on any atom is -0.462 e. The van der Waals surface area contributed by atoms with E-state index in [1.165, 1.54) is 83.5 Å². The molecule has 2 atom stereocenters. The van der Waals surface area contributed by atoms with Crippen LogP contribution < -0.4 is 5.73 Å². The maximum absolute atomic E-state index is 12.5. The van der Waals surface area contributed by atoms with Gasteiger partial charge in [0.2, 0.25) is 0 Å². The first-order valence-electron chi connectivity index (χ1n) is 18.2. The molecule has 0 aliphatic carbocycles. The molecule has 45 heavy (non-hydrogen) atoms. The summed E-state index contributed by atoms with van der Waals surface area (Å²) in [7, 11) is -4.36. The molecule has 0 aromatic carbocycles. The Morgan fingerprint density at radius 2 is 1.09 bits per heavy atom. The highest BCUT2D eigenvalue weighted by molar-refractivity contribution is 7.47. The van der Waals surface area contributed by atoms with Gasteiger partial charge in [0.15, 0.2) is 6.10 Å². The first kappa shape index (κ1) is 43.8. The molecule has 0 bridgehead atoms. The zero-order valence-electron chi connectivity index (χ0n) is 28.9. The van der Waals surface area contributed by atoms with Gasteiger partial charge < -0.3 is 20.1 Å². The van der Waals surface area contributed by atoms with Gasteiger partial charge in [-0.2, -0.15) is 0 Å². The second-order valence-electron chi connectivity index (χ2n) is 12.1. The Morgan fingerprint density at radius 3 is 1.60 bits per heavy atom. The van der Waals surface area contributed by atoms with Crippen molar-refractivity contribution >= 4 is 19.8 Å². The van der Waals surface area contributed by atoms with Gasteiger partial charge in [0.1, 0.15) is 6.61 Å². The topological polar surface area (TPSA) is 134 Å². The predicted octanol–water partition coefficient (Wildman–Crippen LogP) is 9.49.